The van der Waals surface area contributed by atoms with Crippen molar-refractivity contribution in [1.82, 2.24) is 4.90 Å². The van der Waals surface area contributed by atoms with Gasteiger partial charge in [-0.15, -0.1) is 11.3 Å². The third kappa shape index (κ3) is 3.06. The van der Waals surface area contributed by atoms with Crippen LogP contribution in [0.3, 0.4) is 0 Å². The van der Waals surface area contributed by atoms with Gasteiger partial charge in [-0.2, -0.15) is 0 Å². The van der Waals surface area contributed by atoms with Crippen LogP contribution in [0.2, 0.25) is 0 Å². The van der Waals surface area contributed by atoms with Crippen LogP contribution in [-0.2, 0) is 0 Å². The average molecular weight is 296 g/mol. The van der Waals surface area contributed by atoms with Crippen molar-refractivity contribution in [3.63, 3.8) is 0 Å². The highest BCUT2D eigenvalue weighted by Gasteiger charge is 2.22. The lowest BCUT2D eigenvalue weighted by molar-refractivity contribution is 0.192. The zero-order valence-electron chi connectivity index (χ0n) is 11.5. The quantitative estimate of drug-likeness (QED) is 0.911. The Bertz CT molecular complexity index is 557. The van der Waals surface area contributed by atoms with E-state index in [1.165, 1.54) is 10.9 Å². The molecule has 0 radical (unpaired) electrons. The summed E-state index contributed by atoms with van der Waals surface area (Å²) < 4.78 is 26.4. The lowest BCUT2D eigenvalue weighted by atomic mass is 10.0. The van der Waals surface area contributed by atoms with Crippen molar-refractivity contribution in [2.45, 2.75) is 19.0 Å². The second-order valence-electron chi connectivity index (χ2n) is 4.78. The summed E-state index contributed by atoms with van der Waals surface area (Å²) in [6, 6.07) is 8.04. The second-order valence-corrected chi connectivity index (χ2v) is 5.76. The van der Waals surface area contributed by atoms with Crippen LogP contribution in [0.25, 0.3) is 0 Å². The fourth-order valence-electron chi connectivity index (χ4n) is 2.26. The zero-order chi connectivity index (χ0) is 14.7. The van der Waals surface area contributed by atoms with E-state index in [2.05, 4.69) is 17.9 Å². The molecule has 0 amide bonds. The van der Waals surface area contributed by atoms with Crippen LogP contribution in [0.4, 0.5) is 8.78 Å². The van der Waals surface area contributed by atoms with E-state index >= 15 is 0 Å². The van der Waals surface area contributed by atoms with Crippen LogP contribution in [0.15, 0.2) is 35.7 Å². The van der Waals surface area contributed by atoms with Gasteiger partial charge < -0.3 is 5.73 Å². The highest BCUT2D eigenvalue weighted by molar-refractivity contribution is 7.10. The number of halogens is 2. The first-order valence-electron chi connectivity index (χ1n) is 6.45. The van der Waals surface area contributed by atoms with Gasteiger partial charge in [0.2, 0.25) is 0 Å². The van der Waals surface area contributed by atoms with Crippen LogP contribution in [0, 0.1) is 11.6 Å². The molecule has 0 aliphatic heterocycles. The Morgan fingerprint density at radius 3 is 2.55 bits per heavy atom. The molecule has 0 saturated carbocycles. The van der Waals surface area contributed by atoms with Crippen LogP contribution in [0.1, 0.15) is 29.4 Å². The van der Waals surface area contributed by atoms with Crippen molar-refractivity contribution in [3.05, 3.63) is 57.8 Å². The predicted octanol–water partition coefficient (Wildman–Crippen LogP) is 3.72. The molecule has 1 aromatic heterocycles. The van der Waals surface area contributed by atoms with E-state index in [1.807, 2.05) is 18.5 Å². The van der Waals surface area contributed by atoms with Crippen LogP contribution in [0.5, 0.6) is 0 Å². The standard InChI is InChI=1S/C15H18F2N2S/c1-10(15-4-3-7-20-15)19(2)14(9-18)11-5-6-12(16)13(17)8-11/h3-8,10,14H,9,18H2,1-2H3. The molecule has 2 aromatic rings. The summed E-state index contributed by atoms with van der Waals surface area (Å²) in [5.41, 5.74) is 6.52. The van der Waals surface area contributed by atoms with Crippen LogP contribution >= 0.6 is 11.3 Å². The zero-order valence-corrected chi connectivity index (χ0v) is 12.3. The fraction of sp³-hybridized carbons (Fsp3) is 0.333. The van der Waals surface area contributed by atoms with Crippen molar-refractivity contribution in [1.29, 1.82) is 0 Å². The van der Waals surface area contributed by atoms with Crippen molar-refractivity contribution in [2.75, 3.05) is 13.6 Å². The van der Waals surface area contributed by atoms with Gasteiger partial charge in [0.05, 0.1) is 0 Å². The molecule has 0 fully saturated rings. The van der Waals surface area contributed by atoms with Gasteiger partial charge in [0.1, 0.15) is 0 Å². The Morgan fingerprint density at radius 2 is 2.00 bits per heavy atom. The molecular weight excluding hydrogens is 278 g/mol. The lowest BCUT2D eigenvalue weighted by Crippen LogP contribution is -2.32. The minimum Gasteiger partial charge on any atom is -0.329 e. The van der Waals surface area contributed by atoms with Gasteiger partial charge in [-0.25, -0.2) is 8.78 Å². The van der Waals surface area contributed by atoms with E-state index in [9.17, 15) is 8.78 Å². The molecule has 2 rings (SSSR count). The van der Waals surface area contributed by atoms with E-state index in [-0.39, 0.29) is 12.1 Å². The second kappa shape index (κ2) is 6.43. The number of likely N-dealkylation sites (N-methyl/N-ethyl adjacent to an activating group) is 1. The molecule has 108 valence electrons. The number of nitrogens with two attached hydrogens (primary N) is 1. The number of nitrogens with zero attached hydrogens (tertiary/aromatic N) is 1. The van der Waals surface area contributed by atoms with Gasteiger partial charge >= 0.3 is 0 Å². The molecule has 1 aromatic carbocycles. The molecular formula is C15H18F2N2S. The molecule has 2 nitrogen and oxygen atoms in total. The number of hydrogen-bond acceptors (Lipinski definition) is 3. The maximum Gasteiger partial charge on any atom is 0.159 e. The lowest BCUT2D eigenvalue weighted by Gasteiger charge is -2.32. The van der Waals surface area contributed by atoms with Gasteiger partial charge in [0.25, 0.3) is 0 Å². The third-order valence-corrected chi connectivity index (χ3v) is 4.65. The first-order valence-corrected chi connectivity index (χ1v) is 7.33. The fourth-order valence-corrected chi connectivity index (χ4v) is 3.09. The van der Waals surface area contributed by atoms with E-state index < -0.39 is 11.6 Å². The maximum atomic E-state index is 13.4. The van der Waals surface area contributed by atoms with Gasteiger partial charge in [-0.3, -0.25) is 4.90 Å². The Labute approximate surface area is 121 Å². The number of thiophene rings is 1. The molecule has 0 spiro atoms. The summed E-state index contributed by atoms with van der Waals surface area (Å²) in [5, 5.41) is 2.02. The SMILES string of the molecule is CC(c1cccs1)N(C)C(CN)c1ccc(F)c(F)c1. The van der Waals surface area contributed by atoms with E-state index in [0.717, 1.165) is 6.07 Å². The molecule has 0 bridgehead atoms. The molecule has 0 aliphatic rings. The van der Waals surface area contributed by atoms with E-state index in [0.29, 0.717) is 12.1 Å². The number of rotatable bonds is 5. The van der Waals surface area contributed by atoms with Crippen molar-refractivity contribution in [2.24, 2.45) is 5.73 Å². The van der Waals surface area contributed by atoms with Crippen molar-refractivity contribution >= 4 is 11.3 Å². The van der Waals surface area contributed by atoms with Gasteiger partial charge in [-0.05, 0) is 43.1 Å². The van der Waals surface area contributed by atoms with Crippen LogP contribution in [-0.4, -0.2) is 18.5 Å². The molecule has 20 heavy (non-hydrogen) atoms. The summed E-state index contributed by atoms with van der Waals surface area (Å²) >= 11 is 1.67. The number of benzene rings is 1. The largest absolute Gasteiger partial charge is 0.329 e. The summed E-state index contributed by atoms with van der Waals surface area (Å²) in [6.45, 7) is 2.42. The smallest absolute Gasteiger partial charge is 0.159 e. The van der Waals surface area contributed by atoms with Crippen molar-refractivity contribution in [3.8, 4) is 0 Å². The summed E-state index contributed by atoms with van der Waals surface area (Å²) in [6.07, 6.45) is 0. The molecule has 5 heteroatoms. The highest BCUT2D eigenvalue weighted by atomic mass is 32.1. The monoisotopic (exact) mass is 296 g/mol. The van der Waals surface area contributed by atoms with E-state index in [4.69, 9.17) is 5.73 Å². The molecule has 0 saturated heterocycles. The van der Waals surface area contributed by atoms with Crippen LogP contribution < -0.4 is 5.73 Å². The minimum absolute atomic E-state index is 0.151. The normalized spacial score (nSPS) is 14.5. The first-order chi connectivity index (χ1) is 9.54. The summed E-state index contributed by atoms with van der Waals surface area (Å²) in [7, 11) is 1.95. The van der Waals surface area contributed by atoms with E-state index in [1.54, 1.807) is 17.4 Å². The molecule has 1 heterocycles. The third-order valence-electron chi connectivity index (χ3n) is 3.61. The molecule has 2 N–H and O–H groups in total. The Hall–Kier alpha value is -1.30. The van der Waals surface area contributed by atoms with Crippen molar-refractivity contribution < 1.29 is 8.78 Å². The summed E-state index contributed by atoms with van der Waals surface area (Å²) in [4.78, 5) is 3.30. The summed E-state index contributed by atoms with van der Waals surface area (Å²) in [5.74, 6) is -1.67. The average Bonchev–Trinajstić information content (AvgIpc) is 2.96. The maximum absolute atomic E-state index is 13.4. The highest BCUT2D eigenvalue weighted by Crippen LogP contribution is 2.30. The molecule has 2 atom stereocenters. The Morgan fingerprint density at radius 1 is 1.25 bits per heavy atom. The molecule has 0 aliphatic carbocycles. The Kier molecular flexibility index (Phi) is 4.86. The van der Waals surface area contributed by atoms with Gasteiger partial charge in [-0.1, -0.05) is 12.1 Å². The Balaban J connectivity index is 2.24. The first kappa shape index (κ1) is 15.1. The topological polar surface area (TPSA) is 29.3 Å². The predicted molar refractivity (Wildman–Crippen MR) is 78.7 cm³/mol. The van der Waals surface area contributed by atoms with Gasteiger partial charge in [0, 0.05) is 23.5 Å². The number of hydrogen-bond donors (Lipinski definition) is 1. The molecule has 2 unspecified atom stereocenters. The minimum atomic E-state index is -0.835. The van der Waals surface area contributed by atoms with Gasteiger partial charge in [0.15, 0.2) is 11.6 Å².